The lowest BCUT2D eigenvalue weighted by Crippen LogP contribution is -2.65. The lowest BCUT2D eigenvalue weighted by atomic mass is 9.43. The van der Waals surface area contributed by atoms with E-state index in [1.54, 1.807) is 31.2 Å². The number of nitrogens with two attached hydrogens (primary N) is 4. The highest BCUT2D eigenvalue weighted by Gasteiger charge is 2.68. The van der Waals surface area contributed by atoms with Crippen LogP contribution in [0.2, 0.25) is 0 Å². The summed E-state index contributed by atoms with van der Waals surface area (Å²) in [5, 5.41) is 24.3. The van der Waals surface area contributed by atoms with Crippen LogP contribution in [0.3, 0.4) is 0 Å². The Bertz CT molecular complexity index is 2270. The van der Waals surface area contributed by atoms with Gasteiger partial charge in [-0.2, -0.15) is 0 Å². The van der Waals surface area contributed by atoms with Gasteiger partial charge < -0.3 is 74.2 Å². The molecule has 3 saturated carbocycles. The van der Waals surface area contributed by atoms with Crippen LogP contribution >= 0.6 is 0 Å². The average Bonchev–Trinajstić information content (AvgIpc) is 3.72. The molecule has 2 unspecified atom stereocenters. The van der Waals surface area contributed by atoms with Crippen molar-refractivity contribution in [3.05, 3.63) is 59.7 Å². The van der Waals surface area contributed by atoms with Gasteiger partial charge in [0, 0.05) is 12.6 Å². The first-order valence-electron chi connectivity index (χ1n) is 24.7. The van der Waals surface area contributed by atoms with Gasteiger partial charge in [-0.3, -0.25) is 38.4 Å². The molecule has 15 N–H and O–H groups in total. The molecule has 2 aromatic rings. The van der Waals surface area contributed by atoms with E-state index in [1.807, 2.05) is 19.1 Å². The molecule has 394 valence electrons. The molecular formula is C49H74BN11O11. The summed E-state index contributed by atoms with van der Waals surface area (Å²) in [5.41, 5.74) is 26.0. The summed E-state index contributed by atoms with van der Waals surface area (Å²) >= 11 is 0. The van der Waals surface area contributed by atoms with Crippen LogP contribution in [0.4, 0.5) is 0 Å². The van der Waals surface area contributed by atoms with Gasteiger partial charge >= 0.3 is 7.12 Å². The van der Waals surface area contributed by atoms with Crippen LogP contribution in [0, 0.1) is 17.3 Å². The number of amides is 8. The second-order valence-electron chi connectivity index (χ2n) is 19.9. The number of hydrogen-bond donors (Lipinski definition) is 11. The van der Waals surface area contributed by atoms with Gasteiger partial charge in [0.15, 0.2) is 12.3 Å². The Morgan fingerprint density at radius 1 is 0.792 bits per heavy atom. The maximum absolute atomic E-state index is 13.6. The molecule has 0 aromatic heterocycles. The van der Waals surface area contributed by atoms with Crippen molar-refractivity contribution in [2.75, 3.05) is 26.7 Å². The first-order valence-corrected chi connectivity index (χ1v) is 24.7. The van der Waals surface area contributed by atoms with Crippen molar-refractivity contribution in [3.63, 3.8) is 0 Å². The number of benzene rings is 2. The Labute approximate surface area is 421 Å². The Balaban J connectivity index is 1.10. The number of likely N-dealkylation sites (N-methyl/N-ethyl adjacent to an activating group) is 1. The van der Waals surface area contributed by atoms with Crippen LogP contribution in [-0.2, 0) is 49.3 Å². The third-order valence-corrected chi connectivity index (χ3v) is 14.5. The number of unbranched alkanes of at least 4 members (excludes halogenated alkanes) is 2. The number of rotatable bonds is 26. The van der Waals surface area contributed by atoms with Gasteiger partial charge in [-0.05, 0) is 111 Å². The van der Waals surface area contributed by atoms with Gasteiger partial charge in [0.1, 0.15) is 18.1 Å². The number of carbonyl (C=O) groups excluding carboxylic acids is 8. The molecule has 4 fully saturated rings. The molecule has 0 spiro atoms. The average molecular weight is 1000 g/mol. The van der Waals surface area contributed by atoms with Crippen molar-refractivity contribution >= 4 is 54.4 Å². The van der Waals surface area contributed by atoms with Gasteiger partial charge in [-0.25, -0.2) is 0 Å². The van der Waals surface area contributed by atoms with Crippen molar-refractivity contribution in [3.8, 4) is 11.1 Å². The van der Waals surface area contributed by atoms with Crippen molar-refractivity contribution in [2.24, 2.45) is 40.2 Å². The summed E-state index contributed by atoms with van der Waals surface area (Å²) < 4.78 is 12.7. The SMILES string of the molecule is CCCCc1ccc(-c2ccc(C(=O)N[C@H](CO)C(=O)N[C@H](N)C(=O)NCC(=O)N(C)C(CCCCN)C(=O)N[C@@H](N)C(=O)N[C@@H](CC(N)=O)C(=O)N[C@@H](C)B3OC4C[C@@H]5C[C@@H](C5(C)C)[C@]4(C)O3)cc2)cc1. The normalized spacial score (nSPS) is 22.0. The summed E-state index contributed by atoms with van der Waals surface area (Å²) in [4.78, 5) is 106. The number of nitrogens with one attached hydrogen (secondary N) is 6. The topological polar surface area (TPSA) is 355 Å². The summed E-state index contributed by atoms with van der Waals surface area (Å²) in [6, 6.07) is 10.6. The number of nitrogens with zero attached hydrogens (tertiary/aromatic N) is 1. The molecule has 1 heterocycles. The van der Waals surface area contributed by atoms with Crippen molar-refractivity contribution in [2.45, 2.75) is 141 Å². The maximum atomic E-state index is 13.6. The Hall–Kier alpha value is -5.98. The van der Waals surface area contributed by atoms with Gasteiger partial charge in [-0.15, -0.1) is 0 Å². The van der Waals surface area contributed by atoms with E-state index in [0.29, 0.717) is 18.8 Å². The smallest absolute Gasteiger partial charge is 0.404 e. The van der Waals surface area contributed by atoms with Crippen LogP contribution < -0.4 is 54.8 Å². The molecule has 6 rings (SSSR count). The highest BCUT2D eigenvalue weighted by Crippen LogP contribution is 2.65. The molecule has 23 heteroatoms. The van der Waals surface area contributed by atoms with E-state index in [2.05, 4.69) is 64.8 Å². The minimum atomic E-state index is -1.77. The monoisotopic (exact) mass is 1000 g/mol. The molecular weight excluding hydrogens is 929 g/mol. The third kappa shape index (κ3) is 13.9. The van der Waals surface area contributed by atoms with E-state index in [9.17, 15) is 43.5 Å². The van der Waals surface area contributed by atoms with Gasteiger partial charge in [0.05, 0.1) is 37.2 Å². The minimum Gasteiger partial charge on any atom is -0.404 e. The maximum Gasteiger partial charge on any atom is 0.481 e. The zero-order valence-corrected chi connectivity index (χ0v) is 42.2. The molecule has 0 radical (unpaired) electrons. The first-order chi connectivity index (χ1) is 34.0. The Morgan fingerprint density at radius 2 is 1.40 bits per heavy atom. The molecule has 2 aromatic carbocycles. The molecule has 8 amide bonds. The van der Waals surface area contributed by atoms with E-state index < -0.39 is 116 Å². The van der Waals surface area contributed by atoms with Gasteiger partial charge in [0.25, 0.3) is 17.7 Å². The van der Waals surface area contributed by atoms with Crippen LogP contribution in [0.5, 0.6) is 0 Å². The summed E-state index contributed by atoms with van der Waals surface area (Å²) in [7, 11) is 0.492. The Morgan fingerprint density at radius 3 is 2.00 bits per heavy atom. The van der Waals surface area contributed by atoms with Crippen molar-refractivity contribution in [1.29, 1.82) is 0 Å². The molecule has 3 aliphatic carbocycles. The number of hydrogen-bond acceptors (Lipinski definition) is 14. The fraction of sp³-hybridized carbons (Fsp3) is 0.592. The number of aliphatic hydroxyl groups excluding tert-OH is 1. The number of aliphatic hydroxyl groups is 1. The van der Waals surface area contributed by atoms with Crippen molar-refractivity contribution in [1.82, 2.24) is 36.8 Å². The zero-order chi connectivity index (χ0) is 53.1. The largest absolute Gasteiger partial charge is 0.481 e. The van der Waals surface area contributed by atoms with E-state index in [0.717, 1.165) is 48.1 Å². The lowest BCUT2D eigenvalue weighted by molar-refractivity contribution is -0.199. The van der Waals surface area contributed by atoms with Crippen molar-refractivity contribution < 1.29 is 52.8 Å². The van der Waals surface area contributed by atoms with E-state index in [1.165, 1.54) is 12.6 Å². The quantitative estimate of drug-likeness (QED) is 0.0300. The number of aryl methyl sites for hydroxylation is 1. The first kappa shape index (κ1) is 56.9. The second-order valence-corrected chi connectivity index (χ2v) is 19.9. The molecule has 4 aliphatic rings. The fourth-order valence-corrected chi connectivity index (χ4v) is 9.86. The standard InChI is InChI=1S/C49H74BN11O11/c1-7-8-11-28-13-15-29(16-14-28)30-17-19-31(20-18-30)42(65)58-34(26-62)44(67)59-40(53)46(69)55-25-39(64)61(6)35(12-9-10-21-51)45(68)60-41(54)47(70)57-33(24-38(52)63)43(66)56-27(2)50-71-37-23-32-22-36(48(32,3)4)49(37,5)72-50/h13-20,27,32-37,40-41,62H,7-12,21-26,51,53-54H2,1-6H3,(H2,52,63)(H,55,69)(H,56,66)(H,57,70)(H,58,65)(H,59,67)(H,60,68)/t27-,32-,33-,34+,35?,36-,37?,40-,41+,49-/m0/s1. The highest BCUT2D eigenvalue weighted by molar-refractivity contribution is 6.47. The minimum absolute atomic E-state index is 0.0588. The third-order valence-electron chi connectivity index (χ3n) is 14.5. The highest BCUT2D eigenvalue weighted by atomic mass is 16.7. The molecule has 22 nitrogen and oxygen atoms in total. The van der Waals surface area contributed by atoms with Crippen LogP contribution in [0.1, 0.15) is 102 Å². The van der Waals surface area contributed by atoms with Crippen LogP contribution in [0.15, 0.2) is 48.5 Å². The molecule has 72 heavy (non-hydrogen) atoms. The Kier molecular flexibility index (Phi) is 19.9. The van der Waals surface area contributed by atoms with Crippen LogP contribution in [0.25, 0.3) is 11.1 Å². The van der Waals surface area contributed by atoms with Gasteiger partial charge in [0.2, 0.25) is 29.5 Å². The predicted octanol–water partition coefficient (Wildman–Crippen LogP) is -1.21. The molecule has 10 atom stereocenters. The molecule has 1 aliphatic heterocycles. The van der Waals surface area contributed by atoms with E-state index in [4.69, 9.17) is 32.2 Å². The van der Waals surface area contributed by atoms with E-state index in [-0.39, 0.29) is 36.0 Å². The summed E-state index contributed by atoms with van der Waals surface area (Å²) in [6.45, 7) is 9.06. The van der Waals surface area contributed by atoms with Gasteiger partial charge in [-0.1, -0.05) is 63.6 Å². The predicted molar refractivity (Wildman–Crippen MR) is 267 cm³/mol. The fourth-order valence-electron chi connectivity index (χ4n) is 9.86. The number of carbonyl (C=O) groups is 8. The second kappa shape index (κ2) is 25.1. The number of primary amides is 1. The molecule has 2 bridgehead atoms. The van der Waals surface area contributed by atoms with E-state index >= 15 is 0 Å². The summed E-state index contributed by atoms with van der Waals surface area (Å²) in [5.74, 6) is -6.92. The summed E-state index contributed by atoms with van der Waals surface area (Å²) in [6.07, 6.45) is 1.70. The van der Waals surface area contributed by atoms with Crippen LogP contribution in [-0.4, -0.2) is 139 Å². The zero-order valence-electron chi connectivity index (χ0n) is 42.2. The lowest BCUT2D eigenvalue weighted by Gasteiger charge is -2.64. The molecule has 1 saturated heterocycles.